The molecular weight excluding hydrogens is 336 g/mol. The molecule has 0 saturated carbocycles. The number of oxazole rings is 1. The molecule has 1 aromatic carbocycles. The maximum Gasteiger partial charge on any atom is 0.415 e. The SMILES string of the molecule is CC(C)(C)OC(=O)Nc1nc2c(Br)cc(Cl)cc2o1. The number of aromatic nitrogens is 1. The van der Waals surface area contributed by atoms with Gasteiger partial charge < -0.3 is 9.15 Å². The third-order valence-electron chi connectivity index (χ3n) is 2.02. The summed E-state index contributed by atoms with van der Waals surface area (Å²) in [6.07, 6.45) is -0.624. The van der Waals surface area contributed by atoms with Crippen molar-refractivity contribution in [2.24, 2.45) is 0 Å². The summed E-state index contributed by atoms with van der Waals surface area (Å²) in [5.41, 5.74) is 0.473. The Bertz CT molecular complexity index is 634. The highest BCUT2D eigenvalue weighted by Gasteiger charge is 2.18. The topological polar surface area (TPSA) is 64.4 Å². The maximum absolute atomic E-state index is 11.6. The summed E-state index contributed by atoms with van der Waals surface area (Å²) in [4.78, 5) is 15.7. The van der Waals surface area contributed by atoms with Gasteiger partial charge in [0.05, 0.1) is 0 Å². The standard InChI is InChI=1S/C12H12BrClN2O3/c1-12(2,3)19-11(17)16-10-15-9-7(13)4-6(14)5-8(9)18-10/h4-5H,1-3H3,(H,15,16,17). The summed E-state index contributed by atoms with van der Waals surface area (Å²) in [5, 5.41) is 2.95. The second kappa shape index (κ2) is 5.02. The molecule has 1 aromatic heterocycles. The Balaban J connectivity index is 2.23. The third kappa shape index (κ3) is 3.61. The lowest BCUT2D eigenvalue weighted by atomic mass is 10.2. The fourth-order valence-electron chi connectivity index (χ4n) is 1.40. The van der Waals surface area contributed by atoms with E-state index < -0.39 is 11.7 Å². The van der Waals surface area contributed by atoms with Gasteiger partial charge >= 0.3 is 12.1 Å². The highest BCUT2D eigenvalue weighted by molar-refractivity contribution is 9.10. The summed E-state index contributed by atoms with van der Waals surface area (Å²) in [6, 6.07) is 3.38. The lowest BCUT2D eigenvalue weighted by Crippen LogP contribution is -2.27. The van der Waals surface area contributed by atoms with E-state index in [0.29, 0.717) is 20.6 Å². The molecule has 2 aromatic rings. The molecule has 0 aliphatic rings. The number of anilines is 1. The average molecular weight is 348 g/mol. The molecule has 0 atom stereocenters. The number of fused-ring (bicyclic) bond motifs is 1. The molecule has 1 heterocycles. The highest BCUT2D eigenvalue weighted by Crippen LogP contribution is 2.30. The van der Waals surface area contributed by atoms with E-state index >= 15 is 0 Å². The Morgan fingerprint density at radius 1 is 1.47 bits per heavy atom. The van der Waals surface area contributed by atoms with Crippen LogP contribution in [0.25, 0.3) is 11.1 Å². The fourth-order valence-corrected chi connectivity index (χ4v) is 2.27. The minimum atomic E-state index is -0.624. The number of carbonyl (C=O) groups excluding carboxylic acids is 1. The van der Waals surface area contributed by atoms with Gasteiger partial charge in [-0.25, -0.2) is 10.1 Å². The second-order valence-corrected chi connectivity index (χ2v) is 6.17. The van der Waals surface area contributed by atoms with E-state index in [1.807, 2.05) is 0 Å². The van der Waals surface area contributed by atoms with Gasteiger partial charge in [-0.05, 0) is 42.8 Å². The van der Waals surface area contributed by atoms with E-state index in [0.717, 1.165) is 0 Å². The molecule has 19 heavy (non-hydrogen) atoms. The molecule has 0 aliphatic carbocycles. The van der Waals surface area contributed by atoms with Crippen LogP contribution in [0, 0.1) is 0 Å². The van der Waals surface area contributed by atoms with Crippen LogP contribution in [0.4, 0.5) is 10.8 Å². The smallest absolute Gasteiger partial charge is 0.415 e. The van der Waals surface area contributed by atoms with Gasteiger partial charge in [-0.3, -0.25) is 0 Å². The van der Waals surface area contributed by atoms with E-state index in [-0.39, 0.29) is 6.01 Å². The molecule has 1 N–H and O–H groups in total. The van der Waals surface area contributed by atoms with Gasteiger partial charge in [0.1, 0.15) is 11.1 Å². The number of rotatable bonds is 1. The summed E-state index contributed by atoms with van der Waals surface area (Å²) in [5.74, 6) is 0. The van der Waals surface area contributed by atoms with Crippen LogP contribution in [-0.2, 0) is 4.74 Å². The molecule has 0 aliphatic heterocycles. The van der Waals surface area contributed by atoms with Gasteiger partial charge in [0, 0.05) is 15.6 Å². The number of hydrogen-bond acceptors (Lipinski definition) is 4. The Labute approximate surface area is 123 Å². The van der Waals surface area contributed by atoms with E-state index in [9.17, 15) is 4.79 Å². The predicted molar refractivity (Wildman–Crippen MR) is 76.6 cm³/mol. The molecule has 0 saturated heterocycles. The molecule has 0 unspecified atom stereocenters. The van der Waals surface area contributed by atoms with Crippen LogP contribution >= 0.6 is 27.5 Å². The first-order chi connectivity index (χ1) is 8.74. The van der Waals surface area contributed by atoms with Crippen molar-refractivity contribution in [2.45, 2.75) is 26.4 Å². The lowest BCUT2D eigenvalue weighted by molar-refractivity contribution is 0.0632. The first-order valence-corrected chi connectivity index (χ1v) is 6.67. The van der Waals surface area contributed by atoms with E-state index in [1.165, 1.54) is 0 Å². The Kier molecular flexibility index (Phi) is 3.73. The summed E-state index contributed by atoms with van der Waals surface area (Å²) >= 11 is 9.22. The van der Waals surface area contributed by atoms with Crippen molar-refractivity contribution in [3.63, 3.8) is 0 Å². The molecule has 1 amide bonds. The van der Waals surface area contributed by atoms with E-state index in [2.05, 4.69) is 26.2 Å². The lowest BCUT2D eigenvalue weighted by Gasteiger charge is -2.18. The predicted octanol–water partition coefficient (Wildman–Crippen LogP) is 4.59. The maximum atomic E-state index is 11.6. The molecule has 0 bridgehead atoms. The van der Waals surface area contributed by atoms with Crippen LogP contribution in [0.3, 0.4) is 0 Å². The second-order valence-electron chi connectivity index (χ2n) is 4.88. The van der Waals surface area contributed by atoms with Gasteiger partial charge in [-0.1, -0.05) is 11.6 Å². The minimum Gasteiger partial charge on any atom is -0.443 e. The van der Waals surface area contributed by atoms with Crippen molar-refractivity contribution >= 4 is 50.7 Å². The molecule has 0 radical (unpaired) electrons. The van der Waals surface area contributed by atoms with Crippen LogP contribution in [0.5, 0.6) is 0 Å². The number of amides is 1. The van der Waals surface area contributed by atoms with E-state index in [1.54, 1.807) is 32.9 Å². The number of hydrogen-bond donors (Lipinski definition) is 1. The highest BCUT2D eigenvalue weighted by atomic mass is 79.9. The van der Waals surface area contributed by atoms with Crippen molar-refractivity contribution in [1.29, 1.82) is 0 Å². The quantitative estimate of drug-likeness (QED) is 0.819. The molecule has 0 fully saturated rings. The number of halogens is 2. The largest absolute Gasteiger partial charge is 0.443 e. The monoisotopic (exact) mass is 346 g/mol. The minimum absolute atomic E-state index is 0.0622. The molecule has 102 valence electrons. The summed E-state index contributed by atoms with van der Waals surface area (Å²) < 4.78 is 11.2. The molecule has 0 spiro atoms. The first kappa shape index (κ1) is 14.1. The number of benzene rings is 1. The average Bonchev–Trinajstić information content (AvgIpc) is 2.56. The Hall–Kier alpha value is -1.27. The first-order valence-electron chi connectivity index (χ1n) is 5.50. The van der Waals surface area contributed by atoms with Crippen LogP contribution in [-0.4, -0.2) is 16.7 Å². The molecular formula is C12H12BrClN2O3. The van der Waals surface area contributed by atoms with E-state index in [4.69, 9.17) is 20.8 Å². The number of nitrogens with zero attached hydrogens (tertiary/aromatic N) is 1. The zero-order chi connectivity index (χ0) is 14.2. The fraction of sp³-hybridized carbons (Fsp3) is 0.333. The third-order valence-corrected chi connectivity index (χ3v) is 2.84. The van der Waals surface area contributed by atoms with Crippen LogP contribution in [0.2, 0.25) is 5.02 Å². The van der Waals surface area contributed by atoms with Gasteiger partial charge in [0.2, 0.25) is 0 Å². The van der Waals surface area contributed by atoms with Crippen molar-refractivity contribution in [2.75, 3.05) is 5.32 Å². The molecule has 7 heteroatoms. The molecule has 5 nitrogen and oxygen atoms in total. The van der Waals surface area contributed by atoms with Gasteiger partial charge in [0.25, 0.3) is 0 Å². The number of ether oxygens (including phenoxy) is 1. The normalized spacial score (nSPS) is 11.6. The van der Waals surface area contributed by atoms with Crippen molar-refractivity contribution in [1.82, 2.24) is 4.98 Å². The summed E-state index contributed by atoms with van der Waals surface area (Å²) in [6.45, 7) is 5.32. The number of carbonyl (C=O) groups is 1. The zero-order valence-electron chi connectivity index (χ0n) is 10.6. The van der Waals surface area contributed by atoms with Crippen molar-refractivity contribution in [3.8, 4) is 0 Å². The van der Waals surface area contributed by atoms with Crippen molar-refractivity contribution < 1.29 is 13.9 Å². The van der Waals surface area contributed by atoms with Gasteiger partial charge in [-0.15, -0.1) is 0 Å². The Morgan fingerprint density at radius 3 is 2.79 bits per heavy atom. The van der Waals surface area contributed by atoms with Crippen molar-refractivity contribution in [3.05, 3.63) is 21.6 Å². The Morgan fingerprint density at radius 2 is 2.16 bits per heavy atom. The number of nitrogens with one attached hydrogen (secondary N) is 1. The zero-order valence-corrected chi connectivity index (χ0v) is 12.9. The molecule has 2 rings (SSSR count). The van der Waals surface area contributed by atoms with Gasteiger partial charge in [-0.2, -0.15) is 4.98 Å². The van der Waals surface area contributed by atoms with Gasteiger partial charge in [0.15, 0.2) is 5.58 Å². The van der Waals surface area contributed by atoms with Crippen LogP contribution in [0.1, 0.15) is 20.8 Å². The van der Waals surface area contributed by atoms with Crippen LogP contribution in [0.15, 0.2) is 21.0 Å². The summed E-state index contributed by atoms with van der Waals surface area (Å²) in [7, 11) is 0. The van der Waals surface area contributed by atoms with Crippen LogP contribution < -0.4 is 5.32 Å².